The fourth-order valence-electron chi connectivity index (χ4n) is 1.57. The van der Waals surface area contributed by atoms with Crippen molar-refractivity contribution in [1.29, 1.82) is 0 Å². The Bertz CT molecular complexity index is 422. The van der Waals surface area contributed by atoms with E-state index in [0.29, 0.717) is 0 Å². The SMILES string of the molecule is CCCNCc1cccc(-n2cnnc2)c1. The third-order valence-corrected chi connectivity index (χ3v) is 2.38. The third kappa shape index (κ3) is 2.67. The van der Waals surface area contributed by atoms with Gasteiger partial charge in [0.1, 0.15) is 12.7 Å². The zero-order valence-electron chi connectivity index (χ0n) is 9.43. The second-order valence-corrected chi connectivity index (χ2v) is 3.72. The summed E-state index contributed by atoms with van der Waals surface area (Å²) in [5.41, 5.74) is 2.38. The molecule has 0 saturated heterocycles. The van der Waals surface area contributed by atoms with Crippen molar-refractivity contribution in [2.45, 2.75) is 19.9 Å². The van der Waals surface area contributed by atoms with Crippen molar-refractivity contribution in [2.75, 3.05) is 6.54 Å². The molecule has 0 unspecified atom stereocenters. The lowest BCUT2D eigenvalue weighted by Gasteiger charge is -2.06. The van der Waals surface area contributed by atoms with Gasteiger partial charge in [0.05, 0.1) is 0 Å². The smallest absolute Gasteiger partial charge is 0.123 e. The highest BCUT2D eigenvalue weighted by atomic mass is 15.2. The number of benzene rings is 1. The van der Waals surface area contributed by atoms with E-state index in [-0.39, 0.29) is 0 Å². The average Bonchev–Trinajstić information content (AvgIpc) is 2.83. The molecular formula is C12H16N4. The van der Waals surface area contributed by atoms with Gasteiger partial charge in [-0.25, -0.2) is 0 Å². The largest absolute Gasteiger partial charge is 0.313 e. The molecule has 0 atom stereocenters. The standard InChI is InChI=1S/C12H16N4/c1-2-6-13-8-11-4-3-5-12(7-11)16-9-14-15-10-16/h3-5,7,9-10,13H,2,6,8H2,1H3. The van der Waals surface area contributed by atoms with Crippen LogP contribution in [0.25, 0.3) is 5.69 Å². The van der Waals surface area contributed by atoms with Gasteiger partial charge in [-0.2, -0.15) is 0 Å². The molecular weight excluding hydrogens is 200 g/mol. The summed E-state index contributed by atoms with van der Waals surface area (Å²) < 4.78 is 1.91. The lowest BCUT2D eigenvalue weighted by Crippen LogP contribution is -2.13. The number of hydrogen-bond acceptors (Lipinski definition) is 3. The monoisotopic (exact) mass is 216 g/mol. The Morgan fingerprint density at radius 1 is 1.25 bits per heavy atom. The first-order chi connectivity index (χ1) is 7.90. The van der Waals surface area contributed by atoms with E-state index in [1.807, 2.05) is 10.6 Å². The van der Waals surface area contributed by atoms with Crippen molar-refractivity contribution in [3.8, 4) is 5.69 Å². The number of rotatable bonds is 5. The van der Waals surface area contributed by atoms with Gasteiger partial charge in [-0.1, -0.05) is 19.1 Å². The summed E-state index contributed by atoms with van der Waals surface area (Å²) in [6, 6.07) is 8.37. The van der Waals surface area contributed by atoms with Crippen molar-refractivity contribution in [1.82, 2.24) is 20.1 Å². The summed E-state index contributed by atoms with van der Waals surface area (Å²) in [7, 11) is 0. The molecule has 0 radical (unpaired) electrons. The molecule has 4 heteroatoms. The predicted octanol–water partition coefficient (Wildman–Crippen LogP) is 1.77. The quantitative estimate of drug-likeness (QED) is 0.774. The Labute approximate surface area is 95.3 Å². The highest BCUT2D eigenvalue weighted by molar-refractivity contribution is 5.35. The Kier molecular flexibility index (Phi) is 3.66. The fourth-order valence-corrected chi connectivity index (χ4v) is 1.57. The van der Waals surface area contributed by atoms with Crippen LogP contribution >= 0.6 is 0 Å². The maximum Gasteiger partial charge on any atom is 0.123 e. The van der Waals surface area contributed by atoms with Crippen LogP contribution in [0.1, 0.15) is 18.9 Å². The second-order valence-electron chi connectivity index (χ2n) is 3.72. The van der Waals surface area contributed by atoms with Crippen LogP contribution in [-0.4, -0.2) is 21.3 Å². The van der Waals surface area contributed by atoms with Crippen LogP contribution < -0.4 is 5.32 Å². The Balaban J connectivity index is 2.08. The van der Waals surface area contributed by atoms with Crippen molar-refractivity contribution < 1.29 is 0 Å². The summed E-state index contributed by atoms with van der Waals surface area (Å²) in [6.07, 6.45) is 4.57. The maximum absolute atomic E-state index is 3.80. The minimum absolute atomic E-state index is 0.907. The number of aromatic nitrogens is 3. The zero-order valence-corrected chi connectivity index (χ0v) is 9.43. The van der Waals surface area contributed by atoms with Gasteiger partial charge in [0.25, 0.3) is 0 Å². The summed E-state index contributed by atoms with van der Waals surface area (Å²) >= 11 is 0. The maximum atomic E-state index is 3.80. The molecule has 0 aliphatic heterocycles. The summed E-state index contributed by atoms with van der Waals surface area (Å²) in [4.78, 5) is 0. The predicted molar refractivity (Wildman–Crippen MR) is 63.4 cm³/mol. The molecule has 0 aliphatic carbocycles. The highest BCUT2D eigenvalue weighted by Gasteiger charge is 1.97. The van der Waals surface area contributed by atoms with E-state index in [1.165, 1.54) is 5.56 Å². The van der Waals surface area contributed by atoms with E-state index in [1.54, 1.807) is 12.7 Å². The molecule has 0 spiro atoms. The molecule has 0 aliphatic rings. The lowest BCUT2D eigenvalue weighted by atomic mass is 10.2. The van der Waals surface area contributed by atoms with Crippen LogP contribution in [0.15, 0.2) is 36.9 Å². The van der Waals surface area contributed by atoms with Crippen LogP contribution in [0, 0.1) is 0 Å². The van der Waals surface area contributed by atoms with E-state index < -0.39 is 0 Å². The van der Waals surface area contributed by atoms with Crippen LogP contribution in [0.5, 0.6) is 0 Å². The first kappa shape index (κ1) is 10.8. The van der Waals surface area contributed by atoms with Crippen LogP contribution in [-0.2, 0) is 6.54 Å². The van der Waals surface area contributed by atoms with E-state index in [0.717, 1.165) is 25.2 Å². The molecule has 0 fully saturated rings. The molecule has 0 bridgehead atoms. The third-order valence-electron chi connectivity index (χ3n) is 2.38. The summed E-state index contributed by atoms with van der Waals surface area (Å²) in [5, 5.41) is 11.0. The summed E-state index contributed by atoms with van der Waals surface area (Å²) in [5.74, 6) is 0. The van der Waals surface area contributed by atoms with Crippen molar-refractivity contribution in [3.63, 3.8) is 0 Å². The first-order valence-corrected chi connectivity index (χ1v) is 5.55. The Morgan fingerprint density at radius 3 is 2.81 bits per heavy atom. The highest BCUT2D eigenvalue weighted by Crippen LogP contribution is 2.09. The number of nitrogens with zero attached hydrogens (tertiary/aromatic N) is 3. The Morgan fingerprint density at radius 2 is 2.06 bits per heavy atom. The number of nitrogens with one attached hydrogen (secondary N) is 1. The summed E-state index contributed by atoms with van der Waals surface area (Å²) in [6.45, 7) is 4.13. The van der Waals surface area contributed by atoms with Gasteiger partial charge in [0, 0.05) is 12.2 Å². The van der Waals surface area contributed by atoms with Gasteiger partial charge >= 0.3 is 0 Å². The number of hydrogen-bond donors (Lipinski definition) is 1. The molecule has 1 aromatic heterocycles. The second kappa shape index (κ2) is 5.42. The van der Waals surface area contributed by atoms with E-state index in [4.69, 9.17) is 0 Å². The molecule has 2 aromatic rings. The van der Waals surface area contributed by atoms with E-state index in [9.17, 15) is 0 Å². The molecule has 1 aromatic carbocycles. The van der Waals surface area contributed by atoms with Gasteiger partial charge < -0.3 is 5.32 Å². The molecule has 16 heavy (non-hydrogen) atoms. The van der Waals surface area contributed by atoms with Gasteiger partial charge in [-0.15, -0.1) is 10.2 Å². The molecule has 4 nitrogen and oxygen atoms in total. The van der Waals surface area contributed by atoms with Gasteiger partial charge in [-0.3, -0.25) is 4.57 Å². The van der Waals surface area contributed by atoms with Crippen LogP contribution in [0.4, 0.5) is 0 Å². The van der Waals surface area contributed by atoms with Gasteiger partial charge in [-0.05, 0) is 30.7 Å². The van der Waals surface area contributed by atoms with E-state index in [2.05, 4.69) is 40.6 Å². The van der Waals surface area contributed by atoms with Crippen molar-refractivity contribution in [3.05, 3.63) is 42.5 Å². The molecule has 1 heterocycles. The van der Waals surface area contributed by atoms with E-state index >= 15 is 0 Å². The molecule has 0 amide bonds. The first-order valence-electron chi connectivity index (χ1n) is 5.55. The molecule has 1 N–H and O–H groups in total. The topological polar surface area (TPSA) is 42.7 Å². The Hall–Kier alpha value is -1.68. The van der Waals surface area contributed by atoms with Gasteiger partial charge in [0.2, 0.25) is 0 Å². The minimum atomic E-state index is 0.907. The van der Waals surface area contributed by atoms with Gasteiger partial charge in [0.15, 0.2) is 0 Å². The molecule has 0 saturated carbocycles. The van der Waals surface area contributed by atoms with Crippen molar-refractivity contribution in [2.24, 2.45) is 0 Å². The lowest BCUT2D eigenvalue weighted by molar-refractivity contribution is 0.675. The van der Waals surface area contributed by atoms with Crippen LogP contribution in [0.2, 0.25) is 0 Å². The molecule has 2 rings (SSSR count). The normalized spacial score (nSPS) is 10.6. The molecule has 84 valence electrons. The fraction of sp³-hybridized carbons (Fsp3) is 0.333. The van der Waals surface area contributed by atoms with Crippen LogP contribution in [0.3, 0.4) is 0 Å². The van der Waals surface area contributed by atoms with Crippen molar-refractivity contribution >= 4 is 0 Å². The minimum Gasteiger partial charge on any atom is -0.313 e. The average molecular weight is 216 g/mol. The zero-order chi connectivity index (χ0) is 11.2.